The van der Waals surface area contributed by atoms with Crippen LogP contribution in [0.2, 0.25) is 0 Å². The van der Waals surface area contributed by atoms with Crippen LogP contribution >= 0.6 is 22.6 Å². The Balaban J connectivity index is 2.17. The smallest absolute Gasteiger partial charge is 0.308 e. The Labute approximate surface area is 123 Å². The van der Waals surface area contributed by atoms with E-state index in [1.807, 2.05) is 22.6 Å². The van der Waals surface area contributed by atoms with Crippen molar-refractivity contribution in [3.63, 3.8) is 0 Å². The molecule has 0 unspecified atom stereocenters. The van der Waals surface area contributed by atoms with Gasteiger partial charge in [0.2, 0.25) is 0 Å². The van der Waals surface area contributed by atoms with Crippen LogP contribution in [-0.4, -0.2) is 35.0 Å². The van der Waals surface area contributed by atoms with Crippen molar-refractivity contribution in [1.82, 2.24) is 4.90 Å². The average molecular weight is 377 g/mol. The van der Waals surface area contributed by atoms with E-state index in [0.29, 0.717) is 28.5 Å². The van der Waals surface area contributed by atoms with Gasteiger partial charge in [0.1, 0.15) is 5.82 Å². The first-order chi connectivity index (χ1) is 8.99. The average Bonchev–Trinajstić information content (AvgIpc) is 2.38. The molecule has 1 aliphatic rings. The van der Waals surface area contributed by atoms with Gasteiger partial charge in [-0.15, -0.1) is 0 Å². The van der Waals surface area contributed by atoms with Crippen molar-refractivity contribution in [2.75, 3.05) is 13.1 Å². The maximum atomic E-state index is 13.0. The summed E-state index contributed by atoms with van der Waals surface area (Å²) in [6.45, 7) is 0.775. The number of carbonyl (C=O) groups excluding carboxylic acids is 1. The molecule has 0 spiro atoms. The number of benzene rings is 1. The van der Waals surface area contributed by atoms with Gasteiger partial charge in [0.05, 0.1) is 11.5 Å². The van der Waals surface area contributed by atoms with Crippen LogP contribution in [0.3, 0.4) is 0 Å². The number of carboxylic acids is 1. The van der Waals surface area contributed by atoms with Gasteiger partial charge in [-0.05, 0) is 53.6 Å². The number of likely N-dealkylation sites (tertiary alicyclic amines) is 1. The van der Waals surface area contributed by atoms with Gasteiger partial charge >= 0.3 is 5.97 Å². The van der Waals surface area contributed by atoms with Gasteiger partial charge in [0.25, 0.3) is 5.91 Å². The normalized spacial score (nSPS) is 19.3. The first kappa shape index (κ1) is 14.2. The molecule has 2 rings (SSSR count). The van der Waals surface area contributed by atoms with Crippen molar-refractivity contribution in [1.29, 1.82) is 0 Å². The van der Waals surface area contributed by atoms with E-state index in [-0.39, 0.29) is 18.3 Å². The molecule has 1 atom stereocenters. The predicted molar refractivity (Wildman–Crippen MR) is 75.4 cm³/mol. The number of aliphatic carboxylic acids is 1. The van der Waals surface area contributed by atoms with Crippen LogP contribution < -0.4 is 0 Å². The minimum absolute atomic E-state index is 0.224. The zero-order chi connectivity index (χ0) is 14.0. The second-order valence-electron chi connectivity index (χ2n) is 4.55. The quantitative estimate of drug-likeness (QED) is 0.806. The number of halogens is 2. The maximum Gasteiger partial charge on any atom is 0.308 e. The van der Waals surface area contributed by atoms with Gasteiger partial charge in [0, 0.05) is 16.7 Å². The highest BCUT2D eigenvalue weighted by molar-refractivity contribution is 14.1. The first-order valence-electron chi connectivity index (χ1n) is 5.96. The van der Waals surface area contributed by atoms with E-state index < -0.39 is 11.9 Å². The molecule has 1 fully saturated rings. The Kier molecular flexibility index (Phi) is 4.38. The lowest BCUT2D eigenvalue weighted by molar-refractivity contribution is -0.143. The summed E-state index contributed by atoms with van der Waals surface area (Å²) >= 11 is 1.91. The third-order valence-corrected chi connectivity index (χ3v) is 4.11. The molecule has 1 aromatic carbocycles. The minimum Gasteiger partial charge on any atom is -0.481 e. The molecule has 1 saturated heterocycles. The van der Waals surface area contributed by atoms with Crippen LogP contribution in [0.25, 0.3) is 0 Å². The van der Waals surface area contributed by atoms with Gasteiger partial charge < -0.3 is 10.0 Å². The zero-order valence-corrected chi connectivity index (χ0v) is 12.3. The molecule has 1 N–H and O–H groups in total. The van der Waals surface area contributed by atoms with Gasteiger partial charge in [-0.2, -0.15) is 0 Å². The van der Waals surface area contributed by atoms with Crippen molar-refractivity contribution in [3.05, 3.63) is 33.1 Å². The fraction of sp³-hybridized carbons (Fsp3) is 0.385. The third kappa shape index (κ3) is 3.23. The van der Waals surface area contributed by atoms with Crippen molar-refractivity contribution >= 4 is 34.5 Å². The lowest BCUT2D eigenvalue weighted by atomic mass is 9.97. The van der Waals surface area contributed by atoms with E-state index in [4.69, 9.17) is 5.11 Å². The standard InChI is InChI=1S/C13H13FINO3/c14-9-3-4-10(11(15)6-9)12(17)16-5-1-2-8(7-16)13(18)19/h3-4,6,8H,1-2,5,7H2,(H,18,19)/t8-/m0/s1. The van der Waals surface area contributed by atoms with Gasteiger partial charge in [-0.25, -0.2) is 4.39 Å². The summed E-state index contributed by atoms with van der Waals surface area (Å²) in [6.07, 6.45) is 1.28. The monoisotopic (exact) mass is 377 g/mol. The topological polar surface area (TPSA) is 57.6 Å². The molecule has 6 heteroatoms. The number of hydrogen-bond acceptors (Lipinski definition) is 2. The number of carbonyl (C=O) groups is 2. The SMILES string of the molecule is O=C(O)[C@H]1CCCN(C(=O)c2ccc(F)cc2I)C1. The van der Waals surface area contributed by atoms with E-state index in [1.54, 1.807) is 0 Å². The van der Waals surface area contributed by atoms with Gasteiger partial charge in [0.15, 0.2) is 0 Å². The lowest BCUT2D eigenvalue weighted by Gasteiger charge is -2.31. The van der Waals surface area contributed by atoms with E-state index in [2.05, 4.69) is 0 Å². The highest BCUT2D eigenvalue weighted by atomic mass is 127. The Hall–Kier alpha value is -1.18. The molecule has 0 saturated carbocycles. The summed E-state index contributed by atoms with van der Waals surface area (Å²) in [5.74, 6) is -1.99. The molecule has 0 bridgehead atoms. The summed E-state index contributed by atoms with van der Waals surface area (Å²) < 4.78 is 13.6. The largest absolute Gasteiger partial charge is 0.481 e. The lowest BCUT2D eigenvalue weighted by Crippen LogP contribution is -2.42. The summed E-state index contributed by atoms with van der Waals surface area (Å²) in [7, 11) is 0. The molecule has 0 aliphatic carbocycles. The van der Waals surface area contributed by atoms with Gasteiger partial charge in [-0.1, -0.05) is 0 Å². The van der Waals surface area contributed by atoms with Crippen LogP contribution in [0, 0.1) is 15.3 Å². The molecule has 102 valence electrons. The molecule has 19 heavy (non-hydrogen) atoms. The van der Waals surface area contributed by atoms with E-state index in [1.165, 1.54) is 23.1 Å². The molecule has 0 aromatic heterocycles. The van der Waals surface area contributed by atoms with Crippen molar-refractivity contribution in [2.45, 2.75) is 12.8 Å². The second-order valence-corrected chi connectivity index (χ2v) is 5.71. The number of rotatable bonds is 2. The Morgan fingerprint density at radius 3 is 2.79 bits per heavy atom. The highest BCUT2D eigenvalue weighted by Gasteiger charge is 2.29. The minimum atomic E-state index is -0.869. The first-order valence-corrected chi connectivity index (χ1v) is 7.04. The van der Waals surface area contributed by atoms with Gasteiger partial charge in [-0.3, -0.25) is 9.59 Å². The van der Waals surface area contributed by atoms with Crippen molar-refractivity contribution < 1.29 is 19.1 Å². The Morgan fingerprint density at radius 2 is 2.16 bits per heavy atom. The molecule has 0 radical (unpaired) electrons. The maximum absolute atomic E-state index is 13.0. The van der Waals surface area contributed by atoms with E-state index in [9.17, 15) is 14.0 Å². The molecular weight excluding hydrogens is 364 g/mol. The van der Waals surface area contributed by atoms with Crippen LogP contribution in [0.4, 0.5) is 4.39 Å². The molecular formula is C13H13FINO3. The van der Waals surface area contributed by atoms with Crippen LogP contribution in [0.1, 0.15) is 23.2 Å². The molecule has 1 aliphatic heterocycles. The predicted octanol–water partition coefficient (Wildman–Crippen LogP) is 2.37. The van der Waals surface area contributed by atoms with Crippen molar-refractivity contribution in [3.8, 4) is 0 Å². The van der Waals surface area contributed by atoms with E-state index >= 15 is 0 Å². The fourth-order valence-electron chi connectivity index (χ4n) is 2.20. The summed E-state index contributed by atoms with van der Waals surface area (Å²) in [6, 6.07) is 3.99. The van der Waals surface area contributed by atoms with Crippen LogP contribution in [-0.2, 0) is 4.79 Å². The number of amides is 1. The third-order valence-electron chi connectivity index (χ3n) is 3.22. The zero-order valence-electron chi connectivity index (χ0n) is 10.1. The second kappa shape index (κ2) is 5.85. The van der Waals surface area contributed by atoms with Crippen LogP contribution in [0.15, 0.2) is 18.2 Å². The molecule has 4 nitrogen and oxygen atoms in total. The highest BCUT2D eigenvalue weighted by Crippen LogP contribution is 2.21. The summed E-state index contributed by atoms with van der Waals surface area (Å²) in [5.41, 5.74) is 0.424. The fourth-order valence-corrected chi connectivity index (χ4v) is 2.90. The molecule has 1 amide bonds. The number of piperidine rings is 1. The molecule has 1 aromatic rings. The Morgan fingerprint density at radius 1 is 1.42 bits per heavy atom. The Bertz CT molecular complexity index is 521. The summed E-state index contributed by atoms with van der Waals surface area (Å²) in [5, 5.41) is 9.01. The van der Waals surface area contributed by atoms with E-state index in [0.717, 1.165) is 0 Å². The number of nitrogens with zero attached hydrogens (tertiary/aromatic N) is 1. The molecule has 1 heterocycles. The van der Waals surface area contributed by atoms with Crippen LogP contribution in [0.5, 0.6) is 0 Å². The van der Waals surface area contributed by atoms with Crippen molar-refractivity contribution in [2.24, 2.45) is 5.92 Å². The number of carboxylic acid groups (broad SMARTS) is 1. The summed E-state index contributed by atoms with van der Waals surface area (Å²) in [4.78, 5) is 24.8. The number of hydrogen-bond donors (Lipinski definition) is 1.